The van der Waals surface area contributed by atoms with E-state index in [0.717, 1.165) is 29.4 Å². The van der Waals surface area contributed by atoms with Crippen molar-refractivity contribution in [3.63, 3.8) is 0 Å². The molecular formula is C29H23FN8O. The second-order valence-corrected chi connectivity index (χ2v) is 9.24. The SMILES string of the molecule is C=N/C=N\C(=C/C)NC(=O)c1ccc(-c2cnc3ncc(C4(c5ccc6ncccc6c5)CC4)n3n2)cc1F. The van der Waals surface area contributed by atoms with E-state index in [9.17, 15) is 4.79 Å². The molecule has 0 bridgehead atoms. The predicted octanol–water partition coefficient (Wildman–Crippen LogP) is 4.88. The maximum atomic E-state index is 15.1. The number of hydrogen-bond acceptors (Lipinski definition) is 6. The van der Waals surface area contributed by atoms with Gasteiger partial charge in [0.25, 0.3) is 11.7 Å². The molecule has 3 heterocycles. The Bertz CT molecular complexity index is 1820. The highest BCUT2D eigenvalue weighted by Crippen LogP contribution is 2.53. The minimum Gasteiger partial charge on any atom is -0.307 e. The van der Waals surface area contributed by atoms with Crippen molar-refractivity contribution in [1.82, 2.24) is 29.9 Å². The van der Waals surface area contributed by atoms with Crippen LogP contribution in [0.25, 0.3) is 27.9 Å². The quantitative estimate of drug-likeness (QED) is 0.244. The van der Waals surface area contributed by atoms with Gasteiger partial charge >= 0.3 is 0 Å². The Morgan fingerprint density at radius 3 is 2.74 bits per heavy atom. The molecule has 0 radical (unpaired) electrons. The van der Waals surface area contributed by atoms with Gasteiger partial charge in [-0.05, 0) is 68.5 Å². The highest BCUT2D eigenvalue weighted by molar-refractivity contribution is 5.96. The summed E-state index contributed by atoms with van der Waals surface area (Å²) in [4.78, 5) is 33.4. The van der Waals surface area contributed by atoms with E-state index in [-0.39, 0.29) is 16.8 Å². The second kappa shape index (κ2) is 9.64. The summed E-state index contributed by atoms with van der Waals surface area (Å²) in [5.41, 5.74) is 3.65. The van der Waals surface area contributed by atoms with Crippen LogP contribution in [0.5, 0.6) is 0 Å². The Balaban J connectivity index is 1.33. The zero-order valence-corrected chi connectivity index (χ0v) is 21.0. The summed E-state index contributed by atoms with van der Waals surface area (Å²) in [6.45, 7) is 4.99. The number of nitrogens with one attached hydrogen (secondary N) is 1. The number of hydrogen-bond donors (Lipinski definition) is 1. The van der Waals surface area contributed by atoms with Crippen molar-refractivity contribution in [2.75, 3.05) is 0 Å². The first-order chi connectivity index (χ1) is 19.0. The third kappa shape index (κ3) is 4.35. The first-order valence-corrected chi connectivity index (χ1v) is 12.3. The van der Waals surface area contributed by atoms with E-state index in [1.54, 1.807) is 36.0 Å². The molecule has 5 aromatic rings. The molecule has 6 rings (SSSR count). The van der Waals surface area contributed by atoms with Crippen molar-refractivity contribution in [1.29, 1.82) is 0 Å². The van der Waals surface area contributed by atoms with Gasteiger partial charge in [-0.3, -0.25) is 14.8 Å². The first kappa shape index (κ1) is 24.2. The summed E-state index contributed by atoms with van der Waals surface area (Å²) < 4.78 is 16.8. The number of pyridine rings is 1. The molecule has 1 amide bonds. The number of aromatic nitrogens is 5. The van der Waals surface area contributed by atoms with Crippen molar-refractivity contribution in [2.45, 2.75) is 25.2 Å². The summed E-state index contributed by atoms with van der Waals surface area (Å²) in [7, 11) is 0. The molecule has 0 spiro atoms. The van der Waals surface area contributed by atoms with Crippen molar-refractivity contribution < 1.29 is 9.18 Å². The average molecular weight is 519 g/mol. The number of nitrogens with zero attached hydrogens (tertiary/aromatic N) is 7. The van der Waals surface area contributed by atoms with Crippen LogP contribution < -0.4 is 5.32 Å². The fourth-order valence-corrected chi connectivity index (χ4v) is 4.75. The molecule has 1 N–H and O–H groups in total. The van der Waals surface area contributed by atoms with E-state index >= 15 is 4.39 Å². The largest absolute Gasteiger partial charge is 0.307 e. The first-order valence-electron chi connectivity index (χ1n) is 12.3. The van der Waals surface area contributed by atoms with E-state index in [0.29, 0.717) is 17.0 Å². The van der Waals surface area contributed by atoms with Crippen LogP contribution in [0.4, 0.5) is 4.39 Å². The Morgan fingerprint density at radius 1 is 1.13 bits per heavy atom. The van der Waals surface area contributed by atoms with Crippen LogP contribution in [0.15, 0.2) is 89.0 Å². The van der Waals surface area contributed by atoms with Crippen molar-refractivity contribution in [3.8, 4) is 11.3 Å². The molecule has 192 valence electrons. The molecule has 2 aromatic carbocycles. The van der Waals surface area contributed by atoms with E-state index in [1.165, 1.54) is 24.0 Å². The van der Waals surface area contributed by atoms with Crippen molar-refractivity contribution in [2.24, 2.45) is 9.98 Å². The molecule has 3 aromatic heterocycles. The number of carbonyl (C=O) groups excluding carboxylic acids is 1. The van der Waals surface area contributed by atoms with Gasteiger partial charge in [0.1, 0.15) is 23.7 Å². The maximum Gasteiger partial charge on any atom is 0.259 e. The van der Waals surface area contributed by atoms with E-state index < -0.39 is 11.7 Å². The molecule has 9 nitrogen and oxygen atoms in total. The summed E-state index contributed by atoms with van der Waals surface area (Å²) in [6, 6.07) is 14.6. The molecule has 39 heavy (non-hydrogen) atoms. The molecule has 0 unspecified atom stereocenters. The standard InChI is InChI=1S/C29H23FN8O/c1-3-26(35-17-31-2)36-27(39)21-8-6-19(14-22(21)30)24-15-33-28-34-16-25(38(28)37-24)29(10-11-29)20-7-9-23-18(13-20)5-4-12-32-23/h3-9,12-17H,2,10-11H2,1H3,(H,36,39)/b26-3+,35-17-. The van der Waals surface area contributed by atoms with Crippen LogP contribution in [-0.2, 0) is 5.41 Å². The third-order valence-electron chi connectivity index (χ3n) is 6.93. The highest BCUT2D eigenvalue weighted by atomic mass is 19.1. The number of halogens is 1. The van der Waals surface area contributed by atoms with Crippen LogP contribution in [0.1, 0.15) is 41.4 Å². The lowest BCUT2D eigenvalue weighted by molar-refractivity contribution is 0.0961. The van der Waals surface area contributed by atoms with Gasteiger partial charge in [0.15, 0.2) is 0 Å². The third-order valence-corrected chi connectivity index (χ3v) is 6.93. The van der Waals surface area contributed by atoms with Gasteiger partial charge in [0.2, 0.25) is 0 Å². The lowest BCUT2D eigenvalue weighted by Crippen LogP contribution is -2.23. The molecule has 0 saturated heterocycles. The second-order valence-electron chi connectivity index (χ2n) is 9.24. The van der Waals surface area contributed by atoms with Crippen molar-refractivity contribution >= 4 is 35.6 Å². The average Bonchev–Trinajstić information content (AvgIpc) is 3.66. The van der Waals surface area contributed by atoms with Crippen LogP contribution in [-0.4, -0.2) is 43.5 Å². The number of benzene rings is 2. The summed E-state index contributed by atoms with van der Waals surface area (Å²) in [5.74, 6) is -0.626. The van der Waals surface area contributed by atoms with Gasteiger partial charge in [-0.15, -0.1) is 0 Å². The molecule has 0 atom stereocenters. The van der Waals surface area contributed by atoms with Crippen LogP contribution in [0, 0.1) is 5.82 Å². The number of carbonyl (C=O) groups is 1. The fraction of sp³-hybridized carbons (Fsp3) is 0.138. The van der Waals surface area contributed by atoms with Gasteiger partial charge in [0.05, 0.1) is 29.2 Å². The van der Waals surface area contributed by atoms with Crippen LogP contribution in [0.3, 0.4) is 0 Å². The van der Waals surface area contributed by atoms with Gasteiger partial charge in [-0.1, -0.05) is 18.2 Å². The minimum atomic E-state index is -0.692. The molecular weight excluding hydrogens is 495 g/mol. The Labute approximate surface area is 222 Å². The Morgan fingerprint density at radius 2 is 1.97 bits per heavy atom. The summed E-state index contributed by atoms with van der Waals surface area (Å²) >= 11 is 0. The van der Waals surface area contributed by atoms with Gasteiger partial charge in [0, 0.05) is 22.6 Å². The predicted molar refractivity (Wildman–Crippen MR) is 147 cm³/mol. The zero-order chi connectivity index (χ0) is 27.0. The van der Waals surface area contributed by atoms with E-state index in [4.69, 9.17) is 5.10 Å². The molecule has 1 fully saturated rings. The van der Waals surface area contributed by atoms with Gasteiger partial charge in [-0.25, -0.2) is 19.4 Å². The normalized spacial score (nSPS) is 14.7. The fourth-order valence-electron chi connectivity index (χ4n) is 4.75. The van der Waals surface area contributed by atoms with Crippen LogP contribution in [0.2, 0.25) is 0 Å². The highest BCUT2D eigenvalue weighted by Gasteiger charge is 2.48. The maximum absolute atomic E-state index is 15.1. The van der Waals surface area contributed by atoms with Gasteiger partial charge in [-0.2, -0.15) is 9.61 Å². The van der Waals surface area contributed by atoms with E-state index in [1.807, 2.05) is 18.3 Å². The molecule has 0 aliphatic heterocycles. The topological polar surface area (TPSA) is 110 Å². The Hall–Kier alpha value is -5.12. The number of aliphatic imine (C=N–C) groups is 2. The number of fused-ring (bicyclic) bond motifs is 2. The molecule has 1 aliphatic carbocycles. The minimum absolute atomic E-state index is 0.125. The lowest BCUT2D eigenvalue weighted by atomic mass is 9.91. The Kier molecular flexibility index (Phi) is 5.99. The molecule has 10 heteroatoms. The van der Waals surface area contributed by atoms with Gasteiger partial charge < -0.3 is 5.32 Å². The smallest absolute Gasteiger partial charge is 0.259 e. The monoisotopic (exact) mass is 518 g/mol. The number of amides is 1. The van der Waals surface area contributed by atoms with Crippen LogP contribution >= 0.6 is 0 Å². The lowest BCUT2D eigenvalue weighted by Gasteiger charge is -2.16. The van der Waals surface area contributed by atoms with E-state index in [2.05, 4.69) is 55.2 Å². The molecule has 1 aliphatic rings. The zero-order valence-electron chi connectivity index (χ0n) is 21.0. The number of imidazole rings is 1. The summed E-state index contributed by atoms with van der Waals surface area (Å²) in [6.07, 6.45) is 9.83. The number of allylic oxidation sites excluding steroid dienone is 1. The number of rotatable bonds is 7. The molecule has 1 saturated carbocycles. The summed E-state index contributed by atoms with van der Waals surface area (Å²) in [5, 5.41) is 8.40. The van der Waals surface area contributed by atoms with Crippen molar-refractivity contribution in [3.05, 3.63) is 102 Å².